The molecule has 29 heavy (non-hydrogen) atoms. The molecule has 1 aliphatic heterocycles. The van der Waals surface area contributed by atoms with Crippen molar-refractivity contribution in [2.24, 2.45) is 0 Å². The van der Waals surface area contributed by atoms with Gasteiger partial charge < -0.3 is 15.8 Å². The van der Waals surface area contributed by atoms with Crippen LogP contribution in [-0.4, -0.2) is 36.9 Å². The van der Waals surface area contributed by atoms with Crippen molar-refractivity contribution in [2.75, 3.05) is 10.6 Å². The number of carboxylic acid groups (broad SMARTS) is 1. The maximum absolute atomic E-state index is 13.2. The van der Waals surface area contributed by atoms with Gasteiger partial charge in [-0.1, -0.05) is 17.7 Å². The topological polar surface area (TPSA) is 138 Å². The third-order valence-electron chi connectivity index (χ3n) is 4.63. The van der Waals surface area contributed by atoms with Crippen LogP contribution in [0.25, 0.3) is 11.6 Å². The van der Waals surface area contributed by atoms with Crippen LogP contribution in [0, 0.1) is 6.92 Å². The van der Waals surface area contributed by atoms with Crippen molar-refractivity contribution in [1.29, 1.82) is 0 Å². The monoisotopic (exact) mass is 410 g/mol. The highest BCUT2D eigenvalue weighted by atomic mass is 35.5. The zero-order chi connectivity index (χ0) is 20.7. The van der Waals surface area contributed by atoms with Crippen LogP contribution in [0.2, 0.25) is 5.15 Å². The predicted octanol–water partition coefficient (Wildman–Crippen LogP) is 2.53. The van der Waals surface area contributed by atoms with E-state index in [1.54, 1.807) is 31.5 Å². The zero-order valence-electron chi connectivity index (χ0n) is 15.2. The van der Waals surface area contributed by atoms with Gasteiger partial charge in [-0.15, -0.1) is 0 Å². The Morgan fingerprint density at radius 1 is 1.41 bits per heavy atom. The SMILES string of the molecule is Cc1c(C(=O)O)c[nH]c1C=C1C(=O)N(Cc2cccnc2)c2nc(N)nc(Cl)c21. The molecule has 0 saturated heterocycles. The van der Waals surface area contributed by atoms with Crippen molar-refractivity contribution < 1.29 is 14.7 Å². The number of carbonyl (C=O) groups excluding carboxylic acids is 1. The highest BCUT2D eigenvalue weighted by Gasteiger charge is 2.37. The fourth-order valence-corrected chi connectivity index (χ4v) is 3.47. The van der Waals surface area contributed by atoms with E-state index < -0.39 is 5.97 Å². The first kappa shape index (κ1) is 18.6. The summed E-state index contributed by atoms with van der Waals surface area (Å²) in [6.45, 7) is 1.87. The van der Waals surface area contributed by atoms with E-state index in [9.17, 15) is 14.7 Å². The number of halogens is 1. The first-order valence-electron chi connectivity index (χ1n) is 8.54. The fraction of sp³-hybridized carbons (Fsp3) is 0.105. The number of hydrogen-bond donors (Lipinski definition) is 3. The number of anilines is 2. The summed E-state index contributed by atoms with van der Waals surface area (Å²) >= 11 is 6.30. The van der Waals surface area contributed by atoms with Crippen molar-refractivity contribution in [3.63, 3.8) is 0 Å². The molecular weight excluding hydrogens is 396 g/mol. The number of amides is 1. The number of nitrogen functional groups attached to an aromatic ring is 1. The van der Waals surface area contributed by atoms with Crippen LogP contribution in [0.4, 0.5) is 11.8 Å². The molecule has 1 amide bonds. The van der Waals surface area contributed by atoms with E-state index in [0.717, 1.165) is 5.56 Å². The summed E-state index contributed by atoms with van der Waals surface area (Å²) in [5.41, 5.74) is 8.23. The zero-order valence-corrected chi connectivity index (χ0v) is 15.9. The highest BCUT2D eigenvalue weighted by Crippen LogP contribution is 2.41. The number of aromatic amines is 1. The summed E-state index contributed by atoms with van der Waals surface area (Å²) in [5, 5.41) is 9.30. The Kier molecular flexibility index (Phi) is 4.51. The molecule has 10 heteroatoms. The minimum atomic E-state index is -1.06. The number of nitrogens with two attached hydrogens (primary N) is 1. The largest absolute Gasteiger partial charge is 0.478 e. The number of carboxylic acids is 1. The Morgan fingerprint density at radius 3 is 2.86 bits per heavy atom. The van der Waals surface area contributed by atoms with Crippen LogP contribution in [0.3, 0.4) is 0 Å². The lowest BCUT2D eigenvalue weighted by Crippen LogP contribution is -2.26. The number of fused-ring (bicyclic) bond motifs is 1. The molecule has 0 fully saturated rings. The third kappa shape index (κ3) is 3.21. The maximum Gasteiger partial charge on any atom is 0.337 e. The highest BCUT2D eigenvalue weighted by molar-refractivity contribution is 6.41. The summed E-state index contributed by atoms with van der Waals surface area (Å²) in [6, 6.07) is 3.60. The van der Waals surface area contributed by atoms with Crippen molar-refractivity contribution in [2.45, 2.75) is 13.5 Å². The average Bonchev–Trinajstić information content (AvgIpc) is 3.16. The minimum absolute atomic E-state index is 0.0449. The van der Waals surface area contributed by atoms with Crippen LogP contribution >= 0.6 is 11.6 Å². The molecule has 4 N–H and O–H groups in total. The van der Waals surface area contributed by atoms with Gasteiger partial charge in [-0.05, 0) is 30.2 Å². The Hall–Kier alpha value is -3.72. The molecule has 9 nitrogen and oxygen atoms in total. The second kappa shape index (κ2) is 7.02. The molecule has 0 aliphatic carbocycles. The third-order valence-corrected chi connectivity index (χ3v) is 4.90. The molecular formula is C19H15ClN6O3. The predicted molar refractivity (Wildman–Crippen MR) is 107 cm³/mol. The lowest BCUT2D eigenvalue weighted by Gasteiger charge is -2.16. The molecule has 0 atom stereocenters. The average molecular weight is 411 g/mol. The van der Waals surface area contributed by atoms with Crippen LogP contribution in [-0.2, 0) is 11.3 Å². The molecule has 4 heterocycles. The van der Waals surface area contributed by atoms with Crippen molar-refractivity contribution >= 4 is 46.9 Å². The molecule has 0 saturated carbocycles. The van der Waals surface area contributed by atoms with Gasteiger partial charge in [0.15, 0.2) is 5.82 Å². The summed E-state index contributed by atoms with van der Waals surface area (Å²) < 4.78 is 0. The van der Waals surface area contributed by atoms with Crippen molar-refractivity contribution in [1.82, 2.24) is 19.9 Å². The van der Waals surface area contributed by atoms with Gasteiger partial charge in [0, 0.05) is 24.3 Å². The number of aromatic carboxylic acids is 1. The van der Waals surface area contributed by atoms with Gasteiger partial charge in [0.2, 0.25) is 5.95 Å². The van der Waals surface area contributed by atoms with E-state index >= 15 is 0 Å². The summed E-state index contributed by atoms with van der Waals surface area (Å²) in [5.74, 6) is -1.17. The lowest BCUT2D eigenvalue weighted by molar-refractivity contribution is -0.113. The molecule has 4 rings (SSSR count). The molecule has 0 radical (unpaired) electrons. The van der Waals surface area contributed by atoms with Crippen molar-refractivity contribution in [3.8, 4) is 0 Å². The van der Waals surface area contributed by atoms with Gasteiger partial charge in [-0.2, -0.15) is 4.98 Å². The number of nitrogens with zero attached hydrogens (tertiary/aromatic N) is 4. The van der Waals surface area contributed by atoms with E-state index in [2.05, 4.69) is 19.9 Å². The summed E-state index contributed by atoms with van der Waals surface area (Å²) in [4.78, 5) is 41.1. The molecule has 0 bridgehead atoms. The number of pyridine rings is 1. The van der Waals surface area contributed by atoms with Crippen LogP contribution in [0.5, 0.6) is 0 Å². The van der Waals surface area contributed by atoms with Crippen LogP contribution < -0.4 is 10.6 Å². The number of carbonyl (C=O) groups is 2. The smallest absolute Gasteiger partial charge is 0.337 e. The van der Waals surface area contributed by atoms with E-state index in [1.807, 2.05) is 6.07 Å². The van der Waals surface area contributed by atoms with E-state index in [1.165, 1.54) is 11.1 Å². The standard InChI is InChI=1S/C19H15ClN6O3/c1-9-12(18(28)29)7-23-13(9)5-11-14-15(20)24-19(21)25-16(14)26(17(11)27)8-10-3-2-4-22-6-10/h2-7,23H,8H2,1H3,(H,28,29)(H2,21,24,25). The van der Waals surface area contributed by atoms with E-state index in [-0.39, 0.29) is 34.7 Å². The van der Waals surface area contributed by atoms with Gasteiger partial charge in [0.05, 0.1) is 23.2 Å². The Balaban J connectivity index is 1.84. The minimum Gasteiger partial charge on any atom is -0.478 e. The molecule has 0 aromatic carbocycles. The normalized spacial score (nSPS) is 14.5. The second-order valence-corrected chi connectivity index (χ2v) is 6.79. The number of hydrogen-bond acceptors (Lipinski definition) is 6. The van der Waals surface area contributed by atoms with E-state index in [4.69, 9.17) is 17.3 Å². The van der Waals surface area contributed by atoms with Gasteiger partial charge in [0.25, 0.3) is 5.91 Å². The van der Waals surface area contributed by atoms with Gasteiger partial charge in [0.1, 0.15) is 5.15 Å². The molecule has 1 aliphatic rings. The van der Waals surface area contributed by atoms with Gasteiger partial charge in [-0.25, -0.2) is 9.78 Å². The van der Waals surface area contributed by atoms with Gasteiger partial charge in [-0.3, -0.25) is 14.7 Å². The van der Waals surface area contributed by atoms with Crippen LogP contribution in [0.15, 0.2) is 30.7 Å². The molecule has 0 unspecified atom stereocenters. The Bertz CT molecular complexity index is 1170. The number of aromatic nitrogens is 4. The van der Waals surface area contributed by atoms with E-state index in [0.29, 0.717) is 22.6 Å². The molecule has 0 spiro atoms. The summed E-state index contributed by atoms with van der Waals surface area (Å²) in [6.07, 6.45) is 6.21. The maximum atomic E-state index is 13.2. The Morgan fingerprint density at radius 2 is 2.21 bits per heavy atom. The molecule has 3 aromatic heterocycles. The number of H-pyrrole nitrogens is 1. The van der Waals surface area contributed by atoms with Gasteiger partial charge >= 0.3 is 5.97 Å². The van der Waals surface area contributed by atoms with Crippen LogP contribution in [0.1, 0.15) is 32.7 Å². The lowest BCUT2D eigenvalue weighted by atomic mass is 10.1. The quantitative estimate of drug-likeness (QED) is 0.443. The summed E-state index contributed by atoms with van der Waals surface area (Å²) in [7, 11) is 0. The first-order chi connectivity index (χ1) is 13.9. The molecule has 146 valence electrons. The number of rotatable bonds is 4. The first-order valence-corrected chi connectivity index (χ1v) is 8.91. The second-order valence-electron chi connectivity index (χ2n) is 6.43. The van der Waals surface area contributed by atoms with Crippen molar-refractivity contribution in [3.05, 3.63) is 63.8 Å². The fourth-order valence-electron chi connectivity index (χ4n) is 3.20. The number of nitrogens with one attached hydrogen (secondary N) is 1. The Labute approximate surface area is 169 Å². The molecule has 3 aromatic rings.